The summed E-state index contributed by atoms with van der Waals surface area (Å²) in [6.45, 7) is 10.3. The highest BCUT2D eigenvalue weighted by Crippen LogP contribution is 2.05. The minimum absolute atomic E-state index is 0.632. The van der Waals surface area contributed by atoms with Gasteiger partial charge < -0.3 is 10.2 Å². The monoisotopic (exact) mass is 229 g/mol. The minimum atomic E-state index is 0.632. The molecule has 0 amide bonds. The van der Waals surface area contributed by atoms with Gasteiger partial charge in [0.25, 0.3) is 0 Å². The molecule has 0 rings (SSSR count). The normalized spacial score (nSPS) is 15.8. The highest BCUT2D eigenvalue weighted by molar-refractivity contribution is 4.75. The van der Waals surface area contributed by atoms with Crippen LogP contribution in [0, 0.1) is 0 Å². The van der Waals surface area contributed by atoms with Gasteiger partial charge in [-0.25, -0.2) is 0 Å². The Morgan fingerprint density at radius 1 is 1.12 bits per heavy atom. The second-order valence-electron chi connectivity index (χ2n) is 4.97. The molecule has 1 N–H and O–H groups in total. The van der Waals surface area contributed by atoms with Gasteiger partial charge in [-0.3, -0.25) is 4.90 Å². The molecular formula is C13H31N3. The third kappa shape index (κ3) is 6.46. The molecule has 0 aliphatic carbocycles. The van der Waals surface area contributed by atoms with Crippen molar-refractivity contribution >= 4 is 0 Å². The molecule has 0 spiro atoms. The van der Waals surface area contributed by atoms with Crippen molar-refractivity contribution in [3.05, 3.63) is 0 Å². The Morgan fingerprint density at radius 2 is 1.75 bits per heavy atom. The van der Waals surface area contributed by atoms with Crippen LogP contribution in [0.4, 0.5) is 0 Å². The van der Waals surface area contributed by atoms with Crippen LogP contribution in [0.15, 0.2) is 0 Å². The molecule has 0 heterocycles. The summed E-state index contributed by atoms with van der Waals surface area (Å²) >= 11 is 0. The summed E-state index contributed by atoms with van der Waals surface area (Å²) in [5, 5.41) is 3.42. The quantitative estimate of drug-likeness (QED) is 0.648. The SMILES string of the molecule is CCCC(CN(CC)C(C)CN(C)C)NC. The van der Waals surface area contributed by atoms with Crippen LogP contribution in [0.3, 0.4) is 0 Å². The molecule has 0 radical (unpaired) electrons. The Morgan fingerprint density at radius 3 is 2.12 bits per heavy atom. The molecule has 98 valence electrons. The number of hydrogen-bond acceptors (Lipinski definition) is 3. The second kappa shape index (κ2) is 8.97. The van der Waals surface area contributed by atoms with Gasteiger partial charge in [0.1, 0.15) is 0 Å². The van der Waals surface area contributed by atoms with Gasteiger partial charge in [-0.05, 0) is 41.0 Å². The van der Waals surface area contributed by atoms with Gasteiger partial charge in [-0.15, -0.1) is 0 Å². The predicted octanol–water partition coefficient (Wildman–Crippen LogP) is 1.65. The lowest BCUT2D eigenvalue weighted by Crippen LogP contribution is -2.46. The predicted molar refractivity (Wildman–Crippen MR) is 73.0 cm³/mol. The lowest BCUT2D eigenvalue weighted by atomic mass is 10.1. The fourth-order valence-corrected chi connectivity index (χ4v) is 2.22. The first-order valence-corrected chi connectivity index (χ1v) is 6.61. The maximum absolute atomic E-state index is 3.42. The molecular weight excluding hydrogens is 198 g/mol. The van der Waals surface area contributed by atoms with Gasteiger partial charge in [0, 0.05) is 25.2 Å². The van der Waals surface area contributed by atoms with Crippen LogP contribution in [0.25, 0.3) is 0 Å². The number of nitrogens with one attached hydrogen (secondary N) is 1. The van der Waals surface area contributed by atoms with E-state index < -0.39 is 0 Å². The third-order valence-corrected chi connectivity index (χ3v) is 3.16. The summed E-state index contributed by atoms with van der Waals surface area (Å²) in [4.78, 5) is 4.83. The van der Waals surface area contributed by atoms with Gasteiger partial charge in [0.2, 0.25) is 0 Å². The summed E-state index contributed by atoms with van der Waals surface area (Å²) in [5.41, 5.74) is 0. The zero-order chi connectivity index (χ0) is 12.6. The first-order chi connectivity index (χ1) is 7.54. The van der Waals surface area contributed by atoms with Crippen LogP contribution < -0.4 is 5.32 Å². The molecule has 0 bridgehead atoms. The highest BCUT2D eigenvalue weighted by Gasteiger charge is 2.16. The van der Waals surface area contributed by atoms with Crippen molar-refractivity contribution < 1.29 is 0 Å². The molecule has 16 heavy (non-hydrogen) atoms. The number of hydrogen-bond donors (Lipinski definition) is 1. The summed E-state index contributed by atoms with van der Waals surface area (Å²) in [6.07, 6.45) is 2.52. The van der Waals surface area contributed by atoms with Crippen molar-refractivity contribution in [3.63, 3.8) is 0 Å². The Hall–Kier alpha value is -0.120. The van der Waals surface area contributed by atoms with E-state index in [2.05, 4.69) is 57.0 Å². The fourth-order valence-electron chi connectivity index (χ4n) is 2.22. The molecule has 0 saturated heterocycles. The van der Waals surface area contributed by atoms with E-state index in [0.29, 0.717) is 12.1 Å². The minimum Gasteiger partial charge on any atom is -0.316 e. The van der Waals surface area contributed by atoms with E-state index in [1.165, 1.54) is 12.8 Å². The van der Waals surface area contributed by atoms with Crippen molar-refractivity contribution in [2.24, 2.45) is 0 Å². The molecule has 2 atom stereocenters. The Kier molecular flexibility index (Phi) is 8.90. The maximum atomic E-state index is 3.42. The topological polar surface area (TPSA) is 18.5 Å². The molecule has 3 heteroatoms. The lowest BCUT2D eigenvalue weighted by Gasteiger charge is -2.33. The molecule has 0 aliphatic heterocycles. The van der Waals surface area contributed by atoms with Gasteiger partial charge in [-0.1, -0.05) is 20.3 Å². The van der Waals surface area contributed by atoms with E-state index in [9.17, 15) is 0 Å². The second-order valence-corrected chi connectivity index (χ2v) is 4.97. The first-order valence-electron chi connectivity index (χ1n) is 6.61. The molecule has 0 aromatic rings. The van der Waals surface area contributed by atoms with Crippen molar-refractivity contribution in [2.75, 3.05) is 40.8 Å². The molecule has 0 fully saturated rings. The molecule has 3 nitrogen and oxygen atoms in total. The van der Waals surface area contributed by atoms with Crippen LogP contribution in [-0.4, -0.2) is 62.7 Å². The summed E-state index contributed by atoms with van der Waals surface area (Å²) in [7, 11) is 6.36. The van der Waals surface area contributed by atoms with E-state index in [1.807, 2.05) is 0 Å². The van der Waals surface area contributed by atoms with Crippen molar-refractivity contribution in [3.8, 4) is 0 Å². The molecule has 2 unspecified atom stereocenters. The standard InChI is InChI=1S/C13H31N3/c1-7-9-13(14-4)11-16(8-2)12(3)10-15(5)6/h12-14H,7-11H2,1-6H3. The van der Waals surface area contributed by atoms with E-state index in [-0.39, 0.29) is 0 Å². The number of nitrogens with zero attached hydrogens (tertiary/aromatic N) is 2. The van der Waals surface area contributed by atoms with Crippen LogP contribution in [-0.2, 0) is 0 Å². The highest BCUT2D eigenvalue weighted by atomic mass is 15.2. The average molecular weight is 229 g/mol. The first kappa shape index (κ1) is 15.9. The van der Waals surface area contributed by atoms with Gasteiger partial charge in [0.15, 0.2) is 0 Å². The Bertz CT molecular complexity index is 159. The zero-order valence-corrected chi connectivity index (χ0v) is 12.1. The van der Waals surface area contributed by atoms with Crippen molar-refractivity contribution in [1.29, 1.82) is 0 Å². The van der Waals surface area contributed by atoms with Gasteiger partial charge >= 0.3 is 0 Å². The van der Waals surface area contributed by atoms with Crippen molar-refractivity contribution in [2.45, 2.75) is 45.7 Å². The van der Waals surface area contributed by atoms with Gasteiger partial charge in [0.05, 0.1) is 0 Å². The average Bonchev–Trinajstić information content (AvgIpc) is 2.22. The zero-order valence-electron chi connectivity index (χ0n) is 12.1. The molecule has 0 aliphatic rings. The van der Waals surface area contributed by atoms with Crippen LogP contribution in [0.1, 0.15) is 33.6 Å². The largest absolute Gasteiger partial charge is 0.316 e. The van der Waals surface area contributed by atoms with Crippen LogP contribution in [0.5, 0.6) is 0 Å². The van der Waals surface area contributed by atoms with Crippen LogP contribution >= 0.6 is 0 Å². The smallest absolute Gasteiger partial charge is 0.0195 e. The summed E-state index contributed by atoms with van der Waals surface area (Å²) in [5.74, 6) is 0. The molecule has 0 saturated carbocycles. The molecule has 0 aromatic carbocycles. The number of rotatable bonds is 9. The maximum Gasteiger partial charge on any atom is 0.0195 e. The number of likely N-dealkylation sites (N-methyl/N-ethyl adjacent to an activating group) is 3. The lowest BCUT2D eigenvalue weighted by molar-refractivity contribution is 0.164. The van der Waals surface area contributed by atoms with E-state index in [1.54, 1.807) is 0 Å². The van der Waals surface area contributed by atoms with Gasteiger partial charge in [-0.2, -0.15) is 0 Å². The Balaban J connectivity index is 4.14. The van der Waals surface area contributed by atoms with E-state index in [0.717, 1.165) is 19.6 Å². The van der Waals surface area contributed by atoms with Crippen molar-refractivity contribution in [1.82, 2.24) is 15.1 Å². The third-order valence-electron chi connectivity index (χ3n) is 3.16. The van der Waals surface area contributed by atoms with Crippen LogP contribution in [0.2, 0.25) is 0 Å². The molecule has 0 aromatic heterocycles. The fraction of sp³-hybridized carbons (Fsp3) is 1.00. The summed E-state index contributed by atoms with van der Waals surface area (Å²) in [6, 6.07) is 1.27. The van der Waals surface area contributed by atoms with E-state index >= 15 is 0 Å². The van der Waals surface area contributed by atoms with E-state index in [4.69, 9.17) is 0 Å². The summed E-state index contributed by atoms with van der Waals surface area (Å²) < 4.78 is 0. The Labute approximate surface area is 102 Å².